The van der Waals surface area contributed by atoms with Crippen molar-refractivity contribution in [2.75, 3.05) is 6.54 Å². The van der Waals surface area contributed by atoms with Gasteiger partial charge in [0, 0.05) is 12.5 Å². The molecular weight excluding hydrogens is 172 g/mol. The molecule has 0 aliphatic heterocycles. The molecule has 1 atom stereocenters. The van der Waals surface area contributed by atoms with Gasteiger partial charge in [-0.1, -0.05) is 12.8 Å². The van der Waals surface area contributed by atoms with E-state index < -0.39 is 0 Å². The Bertz CT molecular complexity index is 177. The van der Waals surface area contributed by atoms with E-state index in [9.17, 15) is 0 Å². The largest absolute Gasteiger partial charge is 0.314 e. The second kappa shape index (κ2) is 6.84. The van der Waals surface area contributed by atoms with Crippen LogP contribution in [0.4, 0.5) is 0 Å². The predicted octanol–water partition coefficient (Wildman–Crippen LogP) is 2.85. The number of hydrogen-bond acceptors (Lipinski definition) is 2. The lowest BCUT2D eigenvalue weighted by Crippen LogP contribution is -2.32. The summed E-state index contributed by atoms with van der Waals surface area (Å²) in [6.07, 6.45) is 8.56. The van der Waals surface area contributed by atoms with Crippen molar-refractivity contribution >= 4 is 0 Å². The van der Waals surface area contributed by atoms with E-state index in [2.05, 4.69) is 18.3 Å². The molecule has 1 unspecified atom stereocenters. The fourth-order valence-electron chi connectivity index (χ4n) is 2.28. The van der Waals surface area contributed by atoms with Gasteiger partial charge in [-0.05, 0) is 45.1 Å². The van der Waals surface area contributed by atoms with Crippen LogP contribution in [-0.4, -0.2) is 12.6 Å². The van der Waals surface area contributed by atoms with Gasteiger partial charge < -0.3 is 5.32 Å². The Kier molecular flexibility index (Phi) is 5.63. The van der Waals surface area contributed by atoms with Gasteiger partial charge in [-0.15, -0.1) is 0 Å². The molecule has 0 aromatic heterocycles. The number of nitriles is 1. The first-order valence-electron chi connectivity index (χ1n) is 5.95. The Hall–Kier alpha value is -0.550. The third-order valence-electron chi connectivity index (χ3n) is 3.29. The Morgan fingerprint density at radius 2 is 2.07 bits per heavy atom. The molecule has 1 rings (SSSR count). The monoisotopic (exact) mass is 194 g/mol. The first kappa shape index (κ1) is 11.5. The highest BCUT2D eigenvalue weighted by atomic mass is 14.9. The highest BCUT2D eigenvalue weighted by molar-refractivity contribution is 4.77. The quantitative estimate of drug-likeness (QED) is 0.660. The maximum Gasteiger partial charge on any atom is 0.0621 e. The van der Waals surface area contributed by atoms with Gasteiger partial charge in [0.05, 0.1) is 6.07 Å². The molecule has 2 heteroatoms. The van der Waals surface area contributed by atoms with Crippen LogP contribution < -0.4 is 5.32 Å². The number of rotatable bonds is 6. The number of hydrogen-bond donors (Lipinski definition) is 1. The molecule has 0 spiro atoms. The molecule has 1 aliphatic rings. The Labute approximate surface area is 87.7 Å². The molecule has 1 fully saturated rings. The average molecular weight is 194 g/mol. The smallest absolute Gasteiger partial charge is 0.0621 e. The zero-order valence-corrected chi connectivity index (χ0v) is 9.26. The summed E-state index contributed by atoms with van der Waals surface area (Å²) in [6, 6.07) is 2.86. The lowest BCUT2D eigenvalue weighted by molar-refractivity contribution is 0.379. The lowest BCUT2D eigenvalue weighted by atomic mass is 10.00. The van der Waals surface area contributed by atoms with E-state index in [0.717, 1.165) is 25.3 Å². The first-order chi connectivity index (χ1) is 6.84. The lowest BCUT2D eigenvalue weighted by Gasteiger charge is -2.20. The third kappa shape index (κ3) is 4.11. The van der Waals surface area contributed by atoms with Gasteiger partial charge in [-0.3, -0.25) is 0 Å². The van der Waals surface area contributed by atoms with E-state index in [0.29, 0.717) is 12.5 Å². The molecule has 1 saturated carbocycles. The van der Waals surface area contributed by atoms with Crippen LogP contribution in [0.5, 0.6) is 0 Å². The summed E-state index contributed by atoms with van der Waals surface area (Å²) in [4.78, 5) is 0. The van der Waals surface area contributed by atoms with Crippen molar-refractivity contribution in [3.63, 3.8) is 0 Å². The van der Waals surface area contributed by atoms with Crippen molar-refractivity contribution in [1.29, 1.82) is 5.26 Å². The molecule has 0 aromatic rings. The molecule has 1 N–H and O–H groups in total. The number of nitrogens with zero attached hydrogens (tertiary/aromatic N) is 1. The predicted molar refractivity (Wildman–Crippen MR) is 58.9 cm³/mol. The fourth-order valence-corrected chi connectivity index (χ4v) is 2.28. The van der Waals surface area contributed by atoms with Gasteiger partial charge in [0.15, 0.2) is 0 Å². The standard InChI is InChI=1S/C12H22N2/c1-11(12-7-3-4-8-12)14-10-6-2-5-9-13/h11-12,14H,2-8,10H2,1H3. The van der Waals surface area contributed by atoms with Crippen LogP contribution in [-0.2, 0) is 0 Å². The molecule has 0 bridgehead atoms. The van der Waals surface area contributed by atoms with Crippen LogP contribution in [0.1, 0.15) is 51.9 Å². The summed E-state index contributed by atoms with van der Waals surface area (Å²) in [6.45, 7) is 3.39. The Balaban J connectivity index is 1.97. The highest BCUT2D eigenvalue weighted by Gasteiger charge is 2.20. The minimum absolute atomic E-state index is 0.680. The van der Waals surface area contributed by atoms with Crippen LogP contribution in [0, 0.1) is 17.2 Å². The second-order valence-corrected chi connectivity index (χ2v) is 4.40. The van der Waals surface area contributed by atoms with E-state index in [1.165, 1.54) is 25.7 Å². The van der Waals surface area contributed by atoms with E-state index >= 15 is 0 Å². The SMILES string of the molecule is CC(NCCCCC#N)C1CCCC1. The van der Waals surface area contributed by atoms with Gasteiger partial charge in [0.1, 0.15) is 0 Å². The molecule has 2 nitrogen and oxygen atoms in total. The molecule has 0 saturated heterocycles. The molecular formula is C12H22N2. The van der Waals surface area contributed by atoms with E-state index in [4.69, 9.17) is 5.26 Å². The van der Waals surface area contributed by atoms with Crippen LogP contribution >= 0.6 is 0 Å². The van der Waals surface area contributed by atoms with E-state index in [-0.39, 0.29) is 0 Å². The first-order valence-corrected chi connectivity index (χ1v) is 5.95. The summed E-state index contributed by atoms with van der Waals surface area (Å²) in [7, 11) is 0. The molecule has 0 radical (unpaired) electrons. The Morgan fingerprint density at radius 1 is 1.36 bits per heavy atom. The summed E-state index contributed by atoms with van der Waals surface area (Å²) >= 11 is 0. The van der Waals surface area contributed by atoms with Crippen LogP contribution in [0.25, 0.3) is 0 Å². The minimum atomic E-state index is 0.680. The number of nitrogens with one attached hydrogen (secondary N) is 1. The molecule has 0 heterocycles. The highest BCUT2D eigenvalue weighted by Crippen LogP contribution is 2.27. The molecule has 80 valence electrons. The molecule has 1 aliphatic carbocycles. The molecule has 14 heavy (non-hydrogen) atoms. The van der Waals surface area contributed by atoms with Crippen molar-refractivity contribution in [2.24, 2.45) is 5.92 Å². The van der Waals surface area contributed by atoms with Crippen molar-refractivity contribution < 1.29 is 0 Å². The van der Waals surface area contributed by atoms with Gasteiger partial charge in [-0.2, -0.15) is 5.26 Å². The van der Waals surface area contributed by atoms with Gasteiger partial charge >= 0.3 is 0 Å². The van der Waals surface area contributed by atoms with E-state index in [1.54, 1.807) is 0 Å². The fraction of sp³-hybridized carbons (Fsp3) is 0.917. The maximum atomic E-state index is 8.38. The summed E-state index contributed by atoms with van der Waals surface area (Å²) < 4.78 is 0. The second-order valence-electron chi connectivity index (χ2n) is 4.40. The number of unbranched alkanes of at least 4 members (excludes halogenated alkanes) is 2. The van der Waals surface area contributed by atoms with Gasteiger partial charge in [0.25, 0.3) is 0 Å². The van der Waals surface area contributed by atoms with Crippen molar-refractivity contribution in [3.05, 3.63) is 0 Å². The molecule has 0 aromatic carbocycles. The van der Waals surface area contributed by atoms with Crippen LogP contribution in [0.15, 0.2) is 0 Å². The van der Waals surface area contributed by atoms with Gasteiger partial charge in [0.2, 0.25) is 0 Å². The minimum Gasteiger partial charge on any atom is -0.314 e. The van der Waals surface area contributed by atoms with E-state index in [1.807, 2.05) is 0 Å². The van der Waals surface area contributed by atoms with Gasteiger partial charge in [-0.25, -0.2) is 0 Å². The van der Waals surface area contributed by atoms with Crippen molar-refractivity contribution in [3.8, 4) is 6.07 Å². The van der Waals surface area contributed by atoms with Crippen molar-refractivity contribution in [1.82, 2.24) is 5.32 Å². The summed E-state index contributed by atoms with van der Waals surface area (Å²) in [5.74, 6) is 0.908. The average Bonchev–Trinajstić information content (AvgIpc) is 2.70. The molecule has 0 amide bonds. The van der Waals surface area contributed by atoms with Crippen LogP contribution in [0.3, 0.4) is 0 Å². The zero-order valence-electron chi connectivity index (χ0n) is 9.26. The Morgan fingerprint density at radius 3 is 2.71 bits per heavy atom. The zero-order chi connectivity index (χ0) is 10.2. The van der Waals surface area contributed by atoms with Crippen molar-refractivity contribution in [2.45, 2.75) is 57.9 Å². The van der Waals surface area contributed by atoms with Crippen LogP contribution in [0.2, 0.25) is 0 Å². The third-order valence-corrected chi connectivity index (χ3v) is 3.29. The summed E-state index contributed by atoms with van der Waals surface area (Å²) in [5.41, 5.74) is 0. The normalized spacial score (nSPS) is 19.4. The maximum absolute atomic E-state index is 8.38. The topological polar surface area (TPSA) is 35.8 Å². The summed E-state index contributed by atoms with van der Waals surface area (Å²) in [5, 5.41) is 12.0.